The van der Waals surface area contributed by atoms with Gasteiger partial charge in [0.1, 0.15) is 5.75 Å². The lowest BCUT2D eigenvalue weighted by Gasteiger charge is -2.46. The lowest BCUT2D eigenvalue weighted by atomic mass is 9.72. The molecule has 2 saturated heterocycles. The minimum absolute atomic E-state index is 0.383. The Bertz CT molecular complexity index is 867. The number of hydrogen-bond acceptors (Lipinski definition) is 2. The molecule has 2 aromatic carbocycles. The van der Waals surface area contributed by atoms with Gasteiger partial charge in [0.2, 0.25) is 0 Å². The molecule has 3 aliphatic rings. The van der Waals surface area contributed by atoms with E-state index in [9.17, 15) is 0 Å². The van der Waals surface area contributed by atoms with Gasteiger partial charge < -0.3 is 4.74 Å². The molecule has 0 radical (unpaired) electrons. The smallest absolute Gasteiger partial charge is 0.120 e. The minimum Gasteiger partial charge on any atom is -0.490 e. The van der Waals surface area contributed by atoms with Crippen LogP contribution in [0, 0.1) is 11.3 Å². The first-order valence-electron chi connectivity index (χ1n) is 12.9. The number of benzene rings is 2. The number of nitrogens with zero attached hydrogens (tertiary/aromatic N) is 1. The monoisotopic (exact) mass is 419 g/mol. The van der Waals surface area contributed by atoms with E-state index in [-0.39, 0.29) is 0 Å². The fourth-order valence-corrected chi connectivity index (χ4v) is 6.58. The summed E-state index contributed by atoms with van der Waals surface area (Å²) in [6.07, 6.45) is 13.8. The lowest BCUT2D eigenvalue weighted by Crippen LogP contribution is -2.48. The number of piperidine rings is 2. The van der Waals surface area contributed by atoms with Crippen molar-refractivity contribution in [3.8, 4) is 5.75 Å². The van der Waals surface area contributed by atoms with Crippen LogP contribution >= 0.6 is 0 Å². The van der Waals surface area contributed by atoms with Crippen molar-refractivity contribution in [2.24, 2.45) is 11.3 Å². The fourth-order valence-electron chi connectivity index (χ4n) is 6.58. The van der Waals surface area contributed by atoms with Crippen LogP contribution < -0.4 is 4.74 Å². The summed E-state index contributed by atoms with van der Waals surface area (Å²) < 4.78 is 6.42. The predicted molar refractivity (Wildman–Crippen MR) is 131 cm³/mol. The quantitative estimate of drug-likeness (QED) is 0.503. The third kappa shape index (κ3) is 4.80. The number of ether oxygens (including phenoxy) is 1. The van der Waals surface area contributed by atoms with Crippen LogP contribution in [0.4, 0.5) is 0 Å². The maximum Gasteiger partial charge on any atom is 0.120 e. The van der Waals surface area contributed by atoms with Gasteiger partial charge >= 0.3 is 0 Å². The van der Waals surface area contributed by atoms with Gasteiger partial charge in [-0.1, -0.05) is 51.8 Å². The molecule has 0 N–H and O–H groups in total. The molecule has 2 heterocycles. The second-order valence-corrected chi connectivity index (χ2v) is 11.6. The molecule has 5 rings (SSSR count). The van der Waals surface area contributed by atoms with Crippen LogP contribution in [0.3, 0.4) is 0 Å². The second kappa shape index (κ2) is 8.77. The van der Waals surface area contributed by atoms with Gasteiger partial charge in [-0.05, 0) is 97.2 Å². The third-order valence-electron chi connectivity index (χ3n) is 8.53. The molecule has 2 heteroatoms. The molecule has 168 valence electrons. The molecular formula is C29H41NO. The van der Waals surface area contributed by atoms with Crippen molar-refractivity contribution in [2.75, 3.05) is 0 Å². The van der Waals surface area contributed by atoms with E-state index >= 15 is 0 Å². The largest absolute Gasteiger partial charge is 0.490 e. The Hall–Kier alpha value is -1.54. The summed E-state index contributed by atoms with van der Waals surface area (Å²) >= 11 is 0. The summed E-state index contributed by atoms with van der Waals surface area (Å²) in [5.74, 6) is 1.88. The summed E-state index contributed by atoms with van der Waals surface area (Å²) in [5, 5.41) is 2.66. The Kier molecular flexibility index (Phi) is 6.03. The average molecular weight is 420 g/mol. The average Bonchev–Trinajstić information content (AvgIpc) is 2.73. The predicted octanol–water partition coefficient (Wildman–Crippen LogP) is 7.73. The molecule has 31 heavy (non-hydrogen) atoms. The van der Waals surface area contributed by atoms with Crippen LogP contribution in [-0.4, -0.2) is 23.1 Å². The molecule has 0 spiro atoms. The molecule has 2 nitrogen and oxygen atoms in total. The summed E-state index contributed by atoms with van der Waals surface area (Å²) in [6, 6.07) is 15.4. The molecular weight excluding hydrogens is 378 g/mol. The summed E-state index contributed by atoms with van der Waals surface area (Å²) in [4.78, 5) is 2.82. The second-order valence-electron chi connectivity index (χ2n) is 11.6. The number of hydrogen-bond donors (Lipinski definition) is 0. The van der Waals surface area contributed by atoms with Gasteiger partial charge in [-0.25, -0.2) is 0 Å². The first kappa shape index (κ1) is 21.3. The van der Waals surface area contributed by atoms with Crippen LogP contribution in [0.15, 0.2) is 36.4 Å². The SMILES string of the molecule is CC(C)(C)C1CCC(Oc2ccc3cc(CN4C5CCCC4CCC5)ccc3c2)CC1. The molecule has 2 aliphatic heterocycles. The molecule has 2 bridgehead atoms. The van der Waals surface area contributed by atoms with E-state index in [0.29, 0.717) is 11.5 Å². The van der Waals surface area contributed by atoms with E-state index in [4.69, 9.17) is 4.74 Å². The topological polar surface area (TPSA) is 12.5 Å². The van der Waals surface area contributed by atoms with E-state index < -0.39 is 0 Å². The first-order chi connectivity index (χ1) is 15.0. The zero-order valence-corrected chi connectivity index (χ0v) is 19.9. The number of fused-ring (bicyclic) bond motifs is 3. The highest BCUT2D eigenvalue weighted by atomic mass is 16.5. The molecule has 0 amide bonds. The highest BCUT2D eigenvalue weighted by molar-refractivity contribution is 5.84. The van der Waals surface area contributed by atoms with Crippen LogP contribution in [0.25, 0.3) is 10.8 Å². The van der Waals surface area contributed by atoms with Crippen LogP contribution in [0.1, 0.15) is 90.5 Å². The zero-order chi connectivity index (χ0) is 21.4. The summed E-state index contributed by atoms with van der Waals surface area (Å²) in [7, 11) is 0. The van der Waals surface area contributed by atoms with Crippen molar-refractivity contribution in [3.05, 3.63) is 42.0 Å². The van der Waals surface area contributed by atoms with E-state index in [1.165, 1.54) is 80.5 Å². The van der Waals surface area contributed by atoms with Crippen molar-refractivity contribution in [1.29, 1.82) is 0 Å². The Morgan fingerprint density at radius 1 is 0.774 bits per heavy atom. The van der Waals surface area contributed by atoms with E-state index in [2.05, 4.69) is 62.1 Å². The third-order valence-corrected chi connectivity index (χ3v) is 8.53. The Balaban J connectivity index is 1.23. The maximum absolute atomic E-state index is 6.42. The van der Waals surface area contributed by atoms with Crippen molar-refractivity contribution in [1.82, 2.24) is 4.90 Å². The van der Waals surface area contributed by atoms with Crippen molar-refractivity contribution in [2.45, 2.75) is 110 Å². The van der Waals surface area contributed by atoms with E-state index in [0.717, 1.165) is 30.3 Å². The van der Waals surface area contributed by atoms with Crippen LogP contribution in [-0.2, 0) is 6.54 Å². The summed E-state index contributed by atoms with van der Waals surface area (Å²) in [6.45, 7) is 8.27. The van der Waals surface area contributed by atoms with Gasteiger partial charge in [-0.3, -0.25) is 4.90 Å². The van der Waals surface area contributed by atoms with Crippen LogP contribution in [0.5, 0.6) is 5.75 Å². The standard InChI is InChI=1S/C29H41NO/c1-29(2,3)24-13-16-27(17-14-24)31-28-15-12-22-18-21(10-11-23(22)19-28)20-30-25-6-4-7-26(30)9-5-8-25/h10-12,15,18-19,24-27H,4-9,13-14,16-17,20H2,1-3H3. The molecule has 0 aromatic heterocycles. The van der Waals surface area contributed by atoms with Gasteiger partial charge in [0.25, 0.3) is 0 Å². The van der Waals surface area contributed by atoms with E-state index in [1.807, 2.05) is 0 Å². The van der Waals surface area contributed by atoms with E-state index in [1.54, 1.807) is 0 Å². The molecule has 1 saturated carbocycles. The molecule has 0 atom stereocenters. The Labute approximate surface area is 189 Å². The normalized spacial score (nSPS) is 29.8. The van der Waals surface area contributed by atoms with Gasteiger partial charge in [0.05, 0.1) is 6.10 Å². The fraction of sp³-hybridized carbons (Fsp3) is 0.655. The van der Waals surface area contributed by atoms with Crippen LogP contribution in [0.2, 0.25) is 0 Å². The van der Waals surface area contributed by atoms with Gasteiger partial charge in [0, 0.05) is 18.6 Å². The maximum atomic E-state index is 6.42. The summed E-state index contributed by atoms with van der Waals surface area (Å²) in [5.41, 5.74) is 1.90. The van der Waals surface area contributed by atoms with Gasteiger partial charge in [0.15, 0.2) is 0 Å². The number of rotatable bonds is 4. The van der Waals surface area contributed by atoms with Gasteiger partial charge in [-0.2, -0.15) is 0 Å². The first-order valence-corrected chi connectivity index (χ1v) is 12.9. The minimum atomic E-state index is 0.383. The lowest BCUT2D eigenvalue weighted by molar-refractivity contribution is 0.0332. The Morgan fingerprint density at radius 2 is 1.39 bits per heavy atom. The molecule has 0 unspecified atom stereocenters. The molecule has 2 aromatic rings. The highest BCUT2D eigenvalue weighted by Crippen LogP contribution is 2.39. The van der Waals surface area contributed by atoms with Crippen molar-refractivity contribution in [3.63, 3.8) is 0 Å². The zero-order valence-electron chi connectivity index (χ0n) is 19.9. The van der Waals surface area contributed by atoms with Crippen molar-refractivity contribution < 1.29 is 4.74 Å². The van der Waals surface area contributed by atoms with Gasteiger partial charge in [-0.15, -0.1) is 0 Å². The highest BCUT2D eigenvalue weighted by Gasteiger charge is 2.33. The van der Waals surface area contributed by atoms with Crippen molar-refractivity contribution >= 4 is 10.8 Å². The Morgan fingerprint density at radius 3 is 2.03 bits per heavy atom. The molecule has 1 aliphatic carbocycles. The molecule has 3 fully saturated rings.